The number of anilines is 2. The number of sulfone groups is 1. The standard InChI is InChI=1S/C22H23F2N3O4S2/c1-3-33(30,31)11-14-5-4-6-19(26-14)27-22-15(21(25)29)10-18(32-22)20-16(23)8-13(7-12(2)28)9-17(20)24/h4-6,8-10,12,28H,3,7,11H2,1-2H3,(H2,25,29)(H,26,27). The molecule has 0 aliphatic heterocycles. The van der Waals surface area contributed by atoms with Crippen LogP contribution in [0.1, 0.15) is 35.5 Å². The van der Waals surface area contributed by atoms with E-state index in [-0.39, 0.29) is 44.7 Å². The first-order valence-electron chi connectivity index (χ1n) is 10.0. The van der Waals surface area contributed by atoms with E-state index in [1.54, 1.807) is 25.1 Å². The molecule has 11 heteroatoms. The molecule has 176 valence electrons. The van der Waals surface area contributed by atoms with E-state index in [4.69, 9.17) is 5.73 Å². The Bertz CT molecular complexity index is 1270. The zero-order chi connectivity index (χ0) is 24.3. The summed E-state index contributed by atoms with van der Waals surface area (Å²) in [4.78, 5) is 16.4. The van der Waals surface area contributed by atoms with Gasteiger partial charge in [0.2, 0.25) is 0 Å². The summed E-state index contributed by atoms with van der Waals surface area (Å²) in [5.41, 5.74) is 5.76. The highest BCUT2D eigenvalue weighted by Gasteiger charge is 2.21. The lowest BCUT2D eigenvalue weighted by Gasteiger charge is -2.08. The van der Waals surface area contributed by atoms with E-state index in [0.29, 0.717) is 11.3 Å². The molecule has 7 nitrogen and oxygen atoms in total. The Hall–Kier alpha value is -2.89. The summed E-state index contributed by atoms with van der Waals surface area (Å²) in [7, 11) is -3.30. The minimum atomic E-state index is -3.30. The molecular weight excluding hydrogens is 472 g/mol. The van der Waals surface area contributed by atoms with Gasteiger partial charge in [0.15, 0.2) is 9.84 Å². The molecule has 2 heterocycles. The number of primary amides is 1. The molecule has 1 atom stereocenters. The smallest absolute Gasteiger partial charge is 0.251 e. The van der Waals surface area contributed by atoms with Gasteiger partial charge in [-0.25, -0.2) is 22.2 Å². The Kier molecular flexibility index (Phi) is 7.45. The second kappa shape index (κ2) is 9.94. The van der Waals surface area contributed by atoms with Crippen LogP contribution < -0.4 is 11.1 Å². The lowest BCUT2D eigenvalue weighted by Crippen LogP contribution is -2.12. The SMILES string of the molecule is CCS(=O)(=O)Cc1cccc(Nc2sc(-c3c(F)cc(CC(C)O)cc3F)cc2C(N)=O)n1. The molecule has 1 unspecified atom stereocenters. The van der Waals surface area contributed by atoms with Crippen molar-refractivity contribution in [2.75, 3.05) is 11.1 Å². The number of amides is 1. The van der Waals surface area contributed by atoms with Crippen molar-refractivity contribution in [1.29, 1.82) is 0 Å². The lowest BCUT2D eigenvalue weighted by atomic mass is 10.0. The van der Waals surface area contributed by atoms with Gasteiger partial charge in [0.25, 0.3) is 5.91 Å². The number of nitrogens with two attached hydrogens (primary N) is 1. The highest BCUT2D eigenvalue weighted by atomic mass is 32.2. The van der Waals surface area contributed by atoms with Crippen LogP contribution in [0.4, 0.5) is 19.6 Å². The lowest BCUT2D eigenvalue weighted by molar-refractivity contribution is 0.100. The Labute approximate surface area is 194 Å². The van der Waals surface area contributed by atoms with Gasteiger partial charge >= 0.3 is 0 Å². The molecule has 3 aromatic rings. The Balaban J connectivity index is 1.97. The fraction of sp³-hybridized carbons (Fsp3) is 0.273. The summed E-state index contributed by atoms with van der Waals surface area (Å²) >= 11 is 0.908. The Morgan fingerprint density at radius 3 is 2.48 bits per heavy atom. The number of benzene rings is 1. The quantitative estimate of drug-likeness (QED) is 0.415. The van der Waals surface area contributed by atoms with Gasteiger partial charge in [-0.15, -0.1) is 11.3 Å². The molecule has 0 aliphatic carbocycles. The maximum Gasteiger partial charge on any atom is 0.251 e. The zero-order valence-corrected chi connectivity index (χ0v) is 19.6. The number of carbonyl (C=O) groups is 1. The van der Waals surface area contributed by atoms with Crippen LogP contribution in [0.5, 0.6) is 0 Å². The van der Waals surface area contributed by atoms with Crippen molar-refractivity contribution in [1.82, 2.24) is 4.98 Å². The predicted molar refractivity (Wildman–Crippen MR) is 124 cm³/mol. The van der Waals surface area contributed by atoms with Crippen LogP contribution in [0.2, 0.25) is 0 Å². The fourth-order valence-electron chi connectivity index (χ4n) is 3.18. The van der Waals surface area contributed by atoms with Crippen molar-refractivity contribution < 1.29 is 27.1 Å². The maximum absolute atomic E-state index is 14.7. The van der Waals surface area contributed by atoms with E-state index in [1.807, 2.05) is 0 Å². The average molecular weight is 496 g/mol. The van der Waals surface area contributed by atoms with E-state index in [0.717, 1.165) is 23.5 Å². The second-order valence-corrected chi connectivity index (χ2v) is 10.9. The molecular formula is C22H23F2N3O4S2. The van der Waals surface area contributed by atoms with Crippen molar-refractivity contribution in [2.45, 2.75) is 32.1 Å². The van der Waals surface area contributed by atoms with Gasteiger partial charge in [0.05, 0.1) is 28.7 Å². The number of thiophene rings is 1. The summed E-state index contributed by atoms with van der Waals surface area (Å²) in [5, 5.41) is 12.6. The molecule has 1 aromatic carbocycles. The van der Waals surface area contributed by atoms with E-state index in [1.165, 1.54) is 13.0 Å². The van der Waals surface area contributed by atoms with Crippen LogP contribution in [-0.2, 0) is 22.0 Å². The number of halogens is 2. The largest absolute Gasteiger partial charge is 0.393 e. The number of nitrogens with one attached hydrogen (secondary N) is 1. The van der Waals surface area contributed by atoms with Gasteiger partial charge in [-0.2, -0.15) is 0 Å². The molecule has 0 saturated carbocycles. The molecule has 0 bridgehead atoms. The van der Waals surface area contributed by atoms with Crippen LogP contribution >= 0.6 is 11.3 Å². The molecule has 0 radical (unpaired) electrons. The van der Waals surface area contributed by atoms with Gasteiger partial charge < -0.3 is 16.2 Å². The minimum absolute atomic E-state index is 0.00948. The van der Waals surface area contributed by atoms with Crippen LogP contribution in [-0.4, -0.2) is 36.3 Å². The van der Waals surface area contributed by atoms with Gasteiger partial charge in [0, 0.05) is 10.6 Å². The molecule has 0 fully saturated rings. The Morgan fingerprint density at radius 2 is 1.91 bits per heavy atom. The van der Waals surface area contributed by atoms with E-state index >= 15 is 0 Å². The Morgan fingerprint density at radius 1 is 1.24 bits per heavy atom. The average Bonchev–Trinajstić information content (AvgIpc) is 3.10. The van der Waals surface area contributed by atoms with Crippen molar-refractivity contribution in [3.63, 3.8) is 0 Å². The van der Waals surface area contributed by atoms with Crippen molar-refractivity contribution in [2.24, 2.45) is 5.73 Å². The first kappa shape index (κ1) is 24.7. The highest BCUT2D eigenvalue weighted by molar-refractivity contribution is 7.90. The minimum Gasteiger partial charge on any atom is -0.393 e. The van der Waals surface area contributed by atoms with Gasteiger partial charge in [0.1, 0.15) is 22.5 Å². The number of aromatic nitrogens is 1. The summed E-state index contributed by atoms with van der Waals surface area (Å²) < 4.78 is 53.2. The number of aliphatic hydroxyl groups is 1. The van der Waals surface area contributed by atoms with Gasteiger partial charge in [-0.1, -0.05) is 13.0 Å². The third kappa shape index (κ3) is 6.12. The molecule has 33 heavy (non-hydrogen) atoms. The topological polar surface area (TPSA) is 122 Å². The van der Waals surface area contributed by atoms with Crippen molar-refractivity contribution >= 4 is 37.9 Å². The molecule has 0 saturated heterocycles. The predicted octanol–water partition coefficient (Wildman–Crippen LogP) is 3.79. The molecule has 1 amide bonds. The van der Waals surface area contributed by atoms with Gasteiger partial charge in [-0.3, -0.25) is 4.79 Å². The van der Waals surface area contributed by atoms with Gasteiger partial charge in [-0.05, 0) is 49.2 Å². The van der Waals surface area contributed by atoms with E-state index in [9.17, 15) is 27.1 Å². The number of aliphatic hydroxyl groups excluding tert-OH is 1. The van der Waals surface area contributed by atoms with Crippen molar-refractivity contribution in [3.8, 4) is 10.4 Å². The molecule has 3 rings (SSSR count). The number of hydrogen-bond acceptors (Lipinski definition) is 7. The second-order valence-electron chi connectivity index (χ2n) is 7.52. The first-order valence-corrected chi connectivity index (χ1v) is 12.7. The fourth-order valence-corrected chi connectivity index (χ4v) is 5.12. The van der Waals surface area contributed by atoms with Crippen LogP contribution in [0.3, 0.4) is 0 Å². The van der Waals surface area contributed by atoms with Crippen LogP contribution in [0.25, 0.3) is 10.4 Å². The maximum atomic E-state index is 14.7. The molecule has 0 spiro atoms. The third-order valence-electron chi connectivity index (χ3n) is 4.73. The van der Waals surface area contributed by atoms with E-state index < -0.39 is 33.5 Å². The van der Waals surface area contributed by atoms with E-state index in [2.05, 4.69) is 10.3 Å². The molecule has 2 aromatic heterocycles. The number of hydrogen-bond donors (Lipinski definition) is 3. The normalized spacial score (nSPS) is 12.5. The van der Waals surface area contributed by atoms with Crippen LogP contribution in [0.15, 0.2) is 36.4 Å². The number of rotatable bonds is 9. The molecule has 4 N–H and O–H groups in total. The number of nitrogens with zero attached hydrogens (tertiary/aromatic N) is 1. The van der Waals surface area contributed by atoms with Crippen molar-refractivity contribution in [3.05, 3.63) is 64.9 Å². The first-order chi connectivity index (χ1) is 15.5. The third-order valence-corrected chi connectivity index (χ3v) is 7.42. The summed E-state index contributed by atoms with van der Waals surface area (Å²) in [5.74, 6) is -2.50. The number of carbonyl (C=O) groups excluding carboxylic acids is 1. The monoisotopic (exact) mass is 495 g/mol. The highest BCUT2D eigenvalue weighted by Crippen LogP contribution is 2.39. The summed E-state index contributed by atoms with van der Waals surface area (Å²) in [6.07, 6.45) is -0.669. The number of pyridine rings is 1. The zero-order valence-electron chi connectivity index (χ0n) is 17.9. The summed E-state index contributed by atoms with van der Waals surface area (Å²) in [6.45, 7) is 3.06. The molecule has 0 aliphatic rings. The van der Waals surface area contributed by atoms with Crippen LogP contribution in [0, 0.1) is 11.6 Å². The summed E-state index contributed by atoms with van der Waals surface area (Å²) in [6, 6.07) is 8.30.